The van der Waals surface area contributed by atoms with Gasteiger partial charge in [-0.15, -0.1) is 0 Å². The van der Waals surface area contributed by atoms with Crippen molar-refractivity contribution in [2.24, 2.45) is 0 Å². The summed E-state index contributed by atoms with van der Waals surface area (Å²) < 4.78 is 48.9. The molecule has 1 aromatic heterocycles. The highest BCUT2D eigenvalue weighted by atomic mass is 35.5. The molecule has 10 nitrogen and oxygen atoms in total. The first kappa shape index (κ1) is 25.6. The van der Waals surface area contributed by atoms with Crippen molar-refractivity contribution < 1.29 is 31.8 Å². The van der Waals surface area contributed by atoms with Gasteiger partial charge in [-0.1, -0.05) is 18.0 Å². The first-order valence-electron chi connectivity index (χ1n) is 11.1. The lowest BCUT2D eigenvalue weighted by Crippen LogP contribution is -2.38. The maximum Gasteiger partial charge on any atom is 0.361 e. The lowest BCUT2D eigenvalue weighted by molar-refractivity contribution is 0.267. The Morgan fingerprint density at radius 2 is 1.89 bits per heavy atom. The molecule has 1 aliphatic carbocycles. The van der Waals surface area contributed by atoms with E-state index >= 15 is 0 Å². The molecule has 192 valence electrons. The summed E-state index contributed by atoms with van der Waals surface area (Å²) in [6.07, 6.45) is 5.65. The van der Waals surface area contributed by atoms with Crippen molar-refractivity contribution in [1.29, 1.82) is 0 Å². The molecule has 2 aromatic carbocycles. The first-order valence-corrected chi connectivity index (χ1v) is 12.9. The number of amides is 1. The van der Waals surface area contributed by atoms with Crippen LogP contribution in [0.5, 0.6) is 17.2 Å². The van der Waals surface area contributed by atoms with Crippen LogP contribution in [-0.4, -0.2) is 40.0 Å². The molecular formula is C24H26ClN3O7S. The molecule has 1 amide bonds. The Hall–Kier alpha value is -3.44. The summed E-state index contributed by atoms with van der Waals surface area (Å²) in [7, 11) is -0.295. The van der Waals surface area contributed by atoms with Gasteiger partial charge in [-0.25, -0.2) is 9.29 Å². The molecule has 0 bridgehead atoms. The van der Waals surface area contributed by atoms with E-state index in [0.29, 0.717) is 33.8 Å². The van der Waals surface area contributed by atoms with E-state index in [0.717, 1.165) is 29.1 Å². The van der Waals surface area contributed by atoms with E-state index in [1.54, 1.807) is 24.3 Å². The number of anilines is 2. The van der Waals surface area contributed by atoms with Crippen LogP contribution in [0.4, 0.5) is 16.5 Å². The number of benzene rings is 2. The van der Waals surface area contributed by atoms with E-state index in [4.69, 9.17) is 30.2 Å². The summed E-state index contributed by atoms with van der Waals surface area (Å²) in [6.45, 7) is -0.290. The molecule has 1 aliphatic rings. The molecule has 36 heavy (non-hydrogen) atoms. The van der Waals surface area contributed by atoms with E-state index in [2.05, 4.69) is 10.3 Å². The summed E-state index contributed by atoms with van der Waals surface area (Å²) in [5.41, 5.74) is 1.50. The highest BCUT2D eigenvalue weighted by molar-refractivity contribution is 8.07. The van der Waals surface area contributed by atoms with Gasteiger partial charge in [0, 0.05) is 16.7 Å². The lowest BCUT2D eigenvalue weighted by Gasteiger charge is -2.27. The van der Waals surface area contributed by atoms with E-state index in [-0.39, 0.29) is 18.2 Å². The quantitative estimate of drug-likeness (QED) is 0.397. The van der Waals surface area contributed by atoms with Crippen molar-refractivity contribution in [3.63, 3.8) is 0 Å². The molecule has 0 radical (unpaired) electrons. The van der Waals surface area contributed by atoms with E-state index < -0.39 is 15.3 Å². The van der Waals surface area contributed by atoms with Gasteiger partial charge >= 0.3 is 21.3 Å². The third-order valence-electron chi connectivity index (χ3n) is 6.07. The highest BCUT2D eigenvalue weighted by Crippen LogP contribution is 2.43. The number of nitrogens with one attached hydrogen (secondary N) is 1. The van der Waals surface area contributed by atoms with Crippen LogP contribution in [0, 0.1) is 0 Å². The average Bonchev–Trinajstić information content (AvgIpc) is 3.37. The maximum absolute atomic E-state index is 13.5. The predicted octanol–water partition coefficient (Wildman–Crippen LogP) is 5.19. The van der Waals surface area contributed by atoms with Gasteiger partial charge in [-0.3, -0.25) is 4.79 Å². The number of carbonyl (C=O) groups is 1. The number of halogens is 1. The molecule has 3 aromatic rings. The van der Waals surface area contributed by atoms with Crippen molar-refractivity contribution in [3.8, 4) is 17.2 Å². The number of carbonyl (C=O) groups excluding carboxylic acids is 1. The predicted molar refractivity (Wildman–Crippen MR) is 135 cm³/mol. The number of hydrogen-bond acceptors (Lipinski definition) is 8. The fourth-order valence-electron chi connectivity index (χ4n) is 3.87. The van der Waals surface area contributed by atoms with Gasteiger partial charge in [-0.05, 0) is 48.6 Å². The fraction of sp³-hybridized carbons (Fsp3) is 0.333. The Labute approximate surface area is 214 Å². The lowest BCUT2D eigenvalue weighted by atomic mass is 9.80. The van der Waals surface area contributed by atoms with Crippen LogP contribution in [-0.2, 0) is 16.6 Å². The van der Waals surface area contributed by atoms with Crippen molar-refractivity contribution in [1.82, 2.24) is 4.98 Å². The molecule has 0 aliphatic heterocycles. The molecule has 0 spiro atoms. The summed E-state index contributed by atoms with van der Waals surface area (Å²) in [5, 5.41) is 1.55. The van der Waals surface area contributed by atoms with Gasteiger partial charge in [0.1, 0.15) is 23.5 Å². The van der Waals surface area contributed by atoms with Gasteiger partial charge in [-0.2, -0.15) is 8.42 Å². The summed E-state index contributed by atoms with van der Waals surface area (Å²) in [5.74, 6) is 1.51. The van der Waals surface area contributed by atoms with Crippen molar-refractivity contribution in [3.05, 3.63) is 58.9 Å². The average molecular weight is 536 g/mol. The second-order valence-electron chi connectivity index (χ2n) is 8.12. The van der Waals surface area contributed by atoms with Crippen LogP contribution in [0.2, 0.25) is 5.02 Å². The first-order chi connectivity index (χ1) is 17.3. The molecule has 1 N–H and O–H groups in total. The molecule has 0 atom stereocenters. The smallest absolute Gasteiger partial charge is 0.361 e. The zero-order valence-corrected chi connectivity index (χ0v) is 21.6. The van der Waals surface area contributed by atoms with Gasteiger partial charge < -0.3 is 23.9 Å². The molecule has 1 fully saturated rings. The molecule has 12 heteroatoms. The topological polar surface area (TPSA) is 120 Å². The van der Waals surface area contributed by atoms with Crippen LogP contribution < -0.4 is 23.8 Å². The second kappa shape index (κ2) is 10.7. The molecular weight excluding hydrogens is 510 g/mol. The normalized spacial score (nSPS) is 13.6. The van der Waals surface area contributed by atoms with E-state index in [9.17, 15) is 13.2 Å². The molecule has 0 unspecified atom stereocenters. The minimum atomic E-state index is -4.68. The van der Waals surface area contributed by atoms with Crippen LogP contribution in [0.15, 0.2) is 47.2 Å². The number of oxazole rings is 1. The van der Waals surface area contributed by atoms with Crippen molar-refractivity contribution in [2.75, 3.05) is 31.0 Å². The third-order valence-corrected chi connectivity index (χ3v) is 7.83. The Kier molecular flexibility index (Phi) is 7.60. The van der Waals surface area contributed by atoms with Crippen LogP contribution in [0.25, 0.3) is 0 Å². The van der Waals surface area contributed by atoms with Gasteiger partial charge in [0.25, 0.3) is 0 Å². The summed E-state index contributed by atoms with van der Waals surface area (Å²) in [4.78, 5) is 17.1. The Balaban J connectivity index is 1.65. The fourth-order valence-corrected chi connectivity index (χ4v) is 5.24. The number of rotatable bonds is 9. The SMILES string of the molecule is COc1ccc(CN(c2ncco2)S(=O)(=O)C(=O)Nc2cc(Cl)c(C3CCC3)cc2OC)c(OC)c1. The molecule has 1 heterocycles. The molecule has 1 saturated carbocycles. The van der Waals surface area contributed by atoms with Crippen LogP contribution in [0.1, 0.15) is 36.3 Å². The molecule has 0 saturated heterocycles. The zero-order valence-electron chi connectivity index (χ0n) is 20.0. The van der Waals surface area contributed by atoms with E-state index in [1.807, 2.05) is 0 Å². The van der Waals surface area contributed by atoms with Crippen LogP contribution in [0.3, 0.4) is 0 Å². The molecule has 4 rings (SSSR count). The number of aromatic nitrogens is 1. The highest BCUT2D eigenvalue weighted by Gasteiger charge is 2.35. The zero-order chi connectivity index (χ0) is 25.9. The Bertz CT molecular complexity index is 1340. The largest absolute Gasteiger partial charge is 0.497 e. The maximum atomic E-state index is 13.5. The van der Waals surface area contributed by atoms with E-state index in [1.165, 1.54) is 39.9 Å². The number of ether oxygens (including phenoxy) is 3. The third kappa shape index (κ3) is 5.07. The summed E-state index contributed by atoms with van der Waals surface area (Å²) in [6, 6.07) is 7.84. The van der Waals surface area contributed by atoms with Crippen molar-refractivity contribution >= 4 is 38.6 Å². The second-order valence-corrected chi connectivity index (χ2v) is 10.3. The number of hydrogen-bond donors (Lipinski definition) is 1. The Morgan fingerprint density at radius 1 is 1.14 bits per heavy atom. The monoisotopic (exact) mass is 535 g/mol. The van der Waals surface area contributed by atoms with Gasteiger partial charge in [0.2, 0.25) is 0 Å². The number of nitrogens with zero attached hydrogens (tertiary/aromatic N) is 2. The minimum Gasteiger partial charge on any atom is -0.497 e. The summed E-state index contributed by atoms with van der Waals surface area (Å²) >= 11 is 6.46. The Morgan fingerprint density at radius 3 is 2.47 bits per heavy atom. The van der Waals surface area contributed by atoms with Crippen molar-refractivity contribution in [2.45, 2.75) is 31.7 Å². The van der Waals surface area contributed by atoms with Gasteiger partial charge in [0.05, 0.1) is 39.8 Å². The van der Waals surface area contributed by atoms with Crippen LogP contribution >= 0.6 is 11.6 Å². The minimum absolute atomic E-state index is 0.133. The number of methoxy groups -OCH3 is 3. The van der Waals surface area contributed by atoms with Gasteiger partial charge in [0.15, 0.2) is 0 Å². The standard InChI is InChI=1S/C24H26ClN3O7S/c1-32-17-8-7-16(21(11-17)33-2)14-28(23-26-9-10-35-23)36(30,31)24(29)27-20-13-19(25)18(12-22(20)34-3)15-5-4-6-15/h7-13,15H,4-6,14H2,1-3H3,(H,27,29). The number of sulfonamides is 1.